The van der Waals surface area contributed by atoms with Crippen LogP contribution >= 0.6 is 0 Å². The minimum absolute atomic E-state index is 0.00230. The van der Waals surface area contributed by atoms with Crippen molar-refractivity contribution in [3.05, 3.63) is 167 Å². The molecule has 0 fully saturated rings. The van der Waals surface area contributed by atoms with Gasteiger partial charge in [-0.1, -0.05) is 17.3 Å². The SMILES string of the molecule is Cn1cc(NC(=O)c2cc(NC(=O)c3cc(NC(=O)c4nc(NC(=O)[C@H](N)CCNC(=O)c5cc(NC(=O)c6cc(NC(=O)c7nc(NC(=O)c8nccn8C)cn7C)cn6C)cn5C)cn4C)cn3C)cn2C)cc1C(=O)NCCCO/N=C\c1cccc(C(=O)O)c1. The van der Waals surface area contributed by atoms with Gasteiger partial charge in [-0.2, -0.15) is 0 Å². The van der Waals surface area contributed by atoms with Crippen LogP contribution in [0.1, 0.15) is 113 Å². The molecule has 0 saturated heterocycles. The minimum atomic E-state index is -1.12. The van der Waals surface area contributed by atoms with E-state index in [1.807, 2.05) is 0 Å². The number of nitrogens with two attached hydrogens (primary N) is 1. The molecule has 34 heteroatoms. The second kappa shape index (κ2) is 28.5. The van der Waals surface area contributed by atoms with Crippen LogP contribution in [-0.4, -0.2) is 148 Å². The van der Waals surface area contributed by atoms with Crippen molar-refractivity contribution in [2.24, 2.45) is 67.3 Å². The third kappa shape index (κ3) is 15.9. The maximum atomic E-state index is 13.5. The predicted molar refractivity (Wildman–Crippen MR) is 342 cm³/mol. The molecule has 0 unspecified atom stereocenters. The van der Waals surface area contributed by atoms with E-state index >= 15 is 0 Å². The fourth-order valence-corrected chi connectivity index (χ4v) is 9.60. The number of nitrogens with zero attached hydrogens (tertiary/aromatic N) is 12. The van der Waals surface area contributed by atoms with Crippen LogP contribution in [0.4, 0.5) is 40.1 Å². The molecule has 0 aliphatic carbocycles. The maximum absolute atomic E-state index is 13.5. The zero-order valence-corrected chi connectivity index (χ0v) is 52.0. The summed E-state index contributed by atoms with van der Waals surface area (Å²) in [4.78, 5) is 148. The van der Waals surface area contributed by atoms with Crippen LogP contribution in [0.5, 0.6) is 0 Å². The Labute approximate surface area is 534 Å². The molecule has 9 amide bonds. The highest BCUT2D eigenvalue weighted by Crippen LogP contribution is 2.23. The Morgan fingerprint density at radius 3 is 1.35 bits per heavy atom. The van der Waals surface area contributed by atoms with Crippen molar-refractivity contribution in [3.8, 4) is 0 Å². The molecule has 0 radical (unpaired) electrons. The van der Waals surface area contributed by atoms with Gasteiger partial charge in [-0.05, 0) is 54.4 Å². The van der Waals surface area contributed by atoms with Crippen molar-refractivity contribution in [3.63, 3.8) is 0 Å². The fourth-order valence-electron chi connectivity index (χ4n) is 9.60. The molecule has 0 bridgehead atoms. The summed E-state index contributed by atoms with van der Waals surface area (Å²) in [5.74, 6) is -5.86. The Hall–Kier alpha value is -12.6. The number of carbonyl (C=O) groups is 10. The molecule has 8 heterocycles. The normalized spacial score (nSPS) is 11.4. The Kier molecular flexibility index (Phi) is 19.9. The lowest BCUT2D eigenvalue weighted by molar-refractivity contribution is -0.117. The van der Waals surface area contributed by atoms with Crippen LogP contribution in [-0.2, 0) is 66.0 Å². The molecule has 9 aromatic rings. The molecular formula is C60H66N22O12. The number of carbonyl (C=O) groups excluding carboxylic acids is 9. The van der Waals surface area contributed by atoms with E-state index in [1.165, 1.54) is 125 Å². The van der Waals surface area contributed by atoms with Crippen molar-refractivity contribution >= 4 is 105 Å². The van der Waals surface area contributed by atoms with Gasteiger partial charge in [0.25, 0.3) is 47.3 Å². The minimum Gasteiger partial charge on any atom is -0.478 e. The molecule has 34 nitrogen and oxygen atoms in total. The second-order valence-electron chi connectivity index (χ2n) is 21.6. The van der Waals surface area contributed by atoms with Crippen molar-refractivity contribution in [2.45, 2.75) is 18.9 Å². The van der Waals surface area contributed by atoms with Crippen LogP contribution in [0.2, 0.25) is 0 Å². The molecule has 1 atom stereocenters. The van der Waals surface area contributed by atoms with Gasteiger partial charge in [0.05, 0.1) is 46.3 Å². The summed E-state index contributed by atoms with van der Waals surface area (Å²) in [6, 6.07) is 12.4. The first-order valence-corrected chi connectivity index (χ1v) is 28.6. The van der Waals surface area contributed by atoms with Gasteiger partial charge in [0, 0.05) is 132 Å². The van der Waals surface area contributed by atoms with Gasteiger partial charge >= 0.3 is 5.97 Å². The summed E-state index contributed by atoms with van der Waals surface area (Å²) in [5.41, 5.74) is 9.26. The topological polar surface area (TPSA) is 425 Å². The van der Waals surface area contributed by atoms with E-state index in [2.05, 4.69) is 68.0 Å². The number of carboxylic acid groups (broad SMARTS) is 1. The van der Waals surface area contributed by atoms with Crippen molar-refractivity contribution < 1.29 is 57.9 Å². The number of oxime groups is 1. The summed E-state index contributed by atoms with van der Waals surface area (Å²) < 4.78 is 11.9. The molecular weight excluding hydrogens is 1220 g/mol. The smallest absolute Gasteiger partial charge is 0.335 e. The van der Waals surface area contributed by atoms with Crippen molar-refractivity contribution in [1.82, 2.24) is 62.1 Å². The Bertz CT molecular complexity index is 4460. The molecule has 8 aromatic heterocycles. The summed E-state index contributed by atoms with van der Waals surface area (Å²) >= 11 is 0. The lowest BCUT2D eigenvalue weighted by atomic mass is 10.1. The number of hydrogen-bond acceptors (Lipinski definition) is 16. The summed E-state index contributed by atoms with van der Waals surface area (Å²) in [5, 5.41) is 37.4. The highest BCUT2D eigenvalue weighted by Gasteiger charge is 2.25. The van der Waals surface area contributed by atoms with Crippen molar-refractivity contribution in [2.75, 3.05) is 56.9 Å². The standard InChI is InChI=1S/C60H66N22O12/c1-75-17-16-62-48(75)57(89)74-47-32-82(8)50(72-47)59(91)70-39-23-44(79(5)30-39)55(87)67-36-21-42(77(3)27-36)53(85)64-15-13-40(61)51(83)73-46-31-81(7)49(71-46)58(90)69-38-24-45(80(6)29-38)56(88)68-37-22-43(78(4)28-37)54(86)66-35-20-41(76(2)26-35)52(84)63-14-10-18-94-65-25-33-11-9-12-34(19-33)60(92)93/h9,11-12,16-17,19-32,40H,10,13-15,18,61H2,1-8H3,(H,63,84)(H,64,85)(H,66,86)(H,67,87)(H,68,88)(H,69,90)(H,70,91)(H,73,83)(H,74,89)(H,92,93)/b65-25-/t40-/m1/s1. The number of nitrogens with one attached hydrogen (secondary N) is 9. The summed E-state index contributed by atoms with van der Waals surface area (Å²) in [6.07, 6.45) is 15.5. The van der Waals surface area contributed by atoms with Crippen LogP contribution in [0.3, 0.4) is 0 Å². The number of benzene rings is 1. The van der Waals surface area contributed by atoms with Gasteiger partial charge in [0.1, 0.15) is 35.1 Å². The second-order valence-corrected chi connectivity index (χ2v) is 21.6. The molecule has 0 aliphatic rings. The van der Waals surface area contributed by atoms with Crippen LogP contribution in [0.15, 0.2) is 116 Å². The number of amides is 9. The fraction of sp³-hybridized carbons (Fsp3) is 0.233. The van der Waals surface area contributed by atoms with E-state index in [-0.39, 0.29) is 112 Å². The highest BCUT2D eigenvalue weighted by molar-refractivity contribution is 6.10. The van der Waals surface area contributed by atoms with E-state index in [4.69, 9.17) is 15.7 Å². The van der Waals surface area contributed by atoms with Crippen LogP contribution in [0, 0.1) is 0 Å². The summed E-state index contributed by atoms with van der Waals surface area (Å²) in [6.45, 7) is 0.419. The quantitative estimate of drug-likeness (QED) is 0.0211. The average Bonchev–Trinajstić information content (AvgIpc) is 1.70. The lowest BCUT2D eigenvalue weighted by Gasteiger charge is -2.11. The average molecular weight is 1290 g/mol. The molecule has 0 aliphatic heterocycles. The number of anilines is 7. The lowest BCUT2D eigenvalue weighted by Crippen LogP contribution is -2.39. The molecule has 1 aromatic carbocycles. The van der Waals surface area contributed by atoms with E-state index in [9.17, 15) is 47.9 Å². The van der Waals surface area contributed by atoms with Gasteiger partial charge in [0.2, 0.25) is 17.6 Å². The zero-order valence-electron chi connectivity index (χ0n) is 52.0. The maximum Gasteiger partial charge on any atom is 0.335 e. The first kappa shape index (κ1) is 65.8. The number of aryl methyl sites for hydroxylation is 8. The van der Waals surface area contributed by atoms with E-state index in [0.717, 1.165) is 0 Å². The molecule has 488 valence electrons. The van der Waals surface area contributed by atoms with Gasteiger partial charge in [-0.25, -0.2) is 19.7 Å². The molecule has 9 rings (SSSR count). The van der Waals surface area contributed by atoms with Crippen molar-refractivity contribution in [1.29, 1.82) is 0 Å². The first-order chi connectivity index (χ1) is 44.8. The Morgan fingerprint density at radius 1 is 0.500 bits per heavy atom. The van der Waals surface area contributed by atoms with Crippen LogP contribution < -0.4 is 53.6 Å². The first-order valence-electron chi connectivity index (χ1n) is 28.6. The molecule has 94 heavy (non-hydrogen) atoms. The number of hydrogen-bond donors (Lipinski definition) is 11. The number of carboxylic acids is 1. The molecule has 0 spiro atoms. The van der Waals surface area contributed by atoms with E-state index in [1.54, 1.807) is 84.6 Å². The number of aromatic nitrogens is 11. The van der Waals surface area contributed by atoms with Gasteiger partial charge in [-0.3, -0.25) is 43.2 Å². The van der Waals surface area contributed by atoms with Gasteiger partial charge in [0.15, 0.2) is 17.5 Å². The molecule has 0 saturated carbocycles. The molecule has 12 N–H and O–H groups in total. The zero-order chi connectivity index (χ0) is 67.7. The number of imidazole rings is 3. The number of rotatable bonds is 26. The monoisotopic (exact) mass is 1290 g/mol. The number of aromatic carboxylic acids is 1. The van der Waals surface area contributed by atoms with E-state index < -0.39 is 65.2 Å². The highest BCUT2D eigenvalue weighted by atomic mass is 16.6. The predicted octanol–water partition coefficient (Wildman–Crippen LogP) is 3.05. The van der Waals surface area contributed by atoms with Gasteiger partial charge < -0.3 is 100 Å². The Balaban J connectivity index is 0.689. The third-order valence-electron chi connectivity index (χ3n) is 14.3. The summed E-state index contributed by atoms with van der Waals surface area (Å²) in [7, 11) is 12.9. The Morgan fingerprint density at radius 2 is 0.915 bits per heavy atom. The van der Waals surface area contributed by atoms with Gasteiger partial charge in [-0.15, -0.1) is 0 Å². The van der Waals surface area contributed by atoms with Crippen LogP contribution in [0.25, 0.3) is 0 Å². The van der Waals surface area contributed by atoms with E-state index in [0.29, 0.717) is 17.7 Å². The third-order valence-corrected chi connectivity index (χ3v) is 14.3. The largest absolute Gasteiger partial charge is 0.478 e.